The summed E-state index contributed by atoms with van der Waals surface area (Å²) in [5, 5.41) is -0.290. The van der Waals surface area contributed by atoms with Gasteiger partial charge < -0.3 is 16.2 Å². The van der Waals surface area contributed by atoms with E-state index in [1.165, 1.54) is 6.07 Å². The maximum Gasteiger partial charge on any atom is 0.574 e. The molecule has 0 saturated heterocycles. The minimum atomic E-state index is -4.85. The summed E-state index contributed by atoms with van der Waals surface area (Å²) < 4.78 is 39.1. The highest BCUT2D eigenvalue weighted by Crippen LogP contribution is 2.30. The number of hydrogen-bond donors (Lipinski definition) is 2. The van der Waals surface area contributed by atoms with Gasteiger partial charge in [-0.15, -0.1) is 13.2 Å². The number of nitrogens with two attached hydrogens (primary N) is 2. The molecule has 0 amide bonds. The molecule has 0 fully saturated rings. The van der Waals surface area contributed by atoms with Gasteiger partial charge in [0.05, 0.1) is 0 Å². The molecule has 1 aromatic rings. The van der Waals surface area contributed by atoms with Gasteiger partial charge in [-0.05, 0) is 6.07 Å². The van der Waals surface area contributed by atoms with Gasteiger partial charge in [-0.2, -0.15) is 4.98 Å². The van der Waals surface area contributed by atoms with Crippen molar-refractivity contribution in [3.05, 3.63) is 16.7 Å². The zero-order valence-corrected chi connectivity index (χ0v) is 8.06. The van der Waals surface area contributed by atoms with Crippen molar-refractivity contribution in [2.75, 3.05) is 5.73 Å². The molecule has 0 bridgehead atoms. The van der Waals surface area contributed by atoms with Crippen molar-refractivity contribution in [3.8, 4) is 5.88 Å². The first-order chi connectivity index (χ1) is 6.83. The Hall–Kier alpha value is -1.21. The Morgan fingerprint density at radius 2 is 2.07 bits per heavy atom. The Labute approximate surface area is 88.0 Å². The molecule has 0 aromatic carbocycles. The lowest BCUT2D eigenvalue weighted by Crippen LogP contribution is -2.19. The van der Waals surface area contributed by atoms with Crippen molar-refractivity contribution in [1.29, 1.82) is 0 Å². The minimum absolute atomic E-state index is 0.0326. The lowest BCUT2D eigenvalue weighted by molar-refractivity contribution is -0.276. The lowest BCUT2D eigenvalue weighted by Gasteiger charge is -2.11. The van der Waals surface area contributed by atoms with E-state index in [1.54, 1.807) is 0 Å². The average molecular weight is 242 g/mol. The molecule has 4 N–H and O–H groups in total. The maximum atomic E-state index is 11.8. The van der Waals surface area contributed by atoms with Gasteiger partial charge in [-0.1, -0.05) is 11.6 Å². The van der Waals surface area contributed by atoms with E-state index in [0.717, 1.165) is 0 Å². The fourth-order valence-electron chi connectivity index (χ4n) is 0.868. The molecule has 84 valence electrons. The molecule has 0 aliphatic heterocycles. The van der Waals surface area contributed by atoms with Crippen molar-refractivity contribution in [1.82, 2.24) is 4.98 Å². The van der Waals surface area contributed by atoms with Gasteiger partial charge in [0.25, 0.3) is 0 Å². The first kappa shape index (κ1) is 11.9. The predicted octanol–water partition coefficient (Wildman–Crippen LogP) is 1.67. The summed E-state index contributed by atoms with van der Waals surface area (Å²) in [5.41, 5.74) is 10.9. The van der Waals surface area contributed by atoms with E-state index in [4.69, 9.17) is 23.1 Å². The van der Waals surface area contributed by atoms with Crippen LogP contribution >= 0.6 is 11.6 Å². The third kappa shape index (κ3) is 3.14. The molecule has 15 heavy (non-hydrogen) atoms. The third-order valence-corrected chi connectivity index (χ3v) is 1.76. The second-order valence-corrected chi connectivity index (χ2v) is 2.98. The largest absolute Gasteiger partial charge is 0.574 e. The van der Waals surface area contributed by atoms with Crippen LogP contribution in [-0.4, -0.2) is 11.3 Å². The Kier molecular flexibility index (Phi) is 3.25. The number of nitrogens with zero attached hydrogens (tertiary/aromatic N) is 1. The summed E-state index contributed by atoms with van der Waals surface area (Å²) in [5.74, 6) is -0.917. The number of aromatic nitrogens is 1. The Morgan fingerprint density at radius 3 is 2.53 bits per heavy atom. The summed E-state index contributed by atoms with van der Waals surface area (Å²) in [4.78, 5) is 3.35. The number of ether oxygens (including phenoxy) is 1. The number of alkyl halides is 3. The predicted molar refractivity (Wildman–Crippen MR) is 48.2 cm³/mol. The number of nitrogen functional groups attached to an aromatic ring is 1. The first-order valence-corrected chi connectivity index (χ1v) is 4.12. The van der Waals surface area contributed by atoms with E-state index in [1.807, 2.05) is 0 Å². The Bertz CT molecular complexity index is 369. The summed E-state index contributed by atoms with van der Waals surface area (Å²) in [6, 6.07) is 1.19. The SMILES string of the molecule is NCc1cc(Cl)c(OC(F)(F)F)nc1N. The third-order valence-electron chi connectivity index (χ3n) is 1.49. The molecular weight excluding hydrogens is 235 g/mol. The zero-order chi connectivity index (χ0) is 11.6. The van der Waals surface area contributed by atoms with Crippen molar-refractivity contribution in [2.45, 2.75) is 12.9 Å². The van der Waals surface area contributed by atoms with Gasteiger partial charge in [0.2, 0.25) is 5.88 Å². The monoisotopic (exact) mass is 241 g/mol. The molecule has 0 atom stereocenters. The van der Waals surface area contributed by atoms with E-state index in [-0.39, 0.29) is 17.4 Å². The molecule has 1 rings (SSSR count). The molecule has 0 aliphatic rings. The summed E-state index contributed by atoms with van der Waals surface area (Å²) in [6.45, 7) is 0.0326. The number of halogens is 4. The topological polar surface area (TPSA) is 74.2 Å². The average Bonchev–Trinajstić information content (AvgIpc) is 2.08. The van der Waals surface area contributed by atoms with Crippen LogP contribution in [0.3, 0.4) is 0 Å². The second kappa shape index (κ2) is 4.11. The molecule has 0 spiro atoms. The summed E-state index contributed by atoms with van der Waals surface area (Å²) in [6.07, 6.45) is -4.85. The normalized spacial score (nSPS) is 11.5. The van der Waals surface area contributed by atoms with Crippen LogP contribution in [0.1, 0.15) is 5.56 Å². The van der Waals surface area contributed by atoms with Gasteiger partial charge in [-0.25, -0.2) is 0 Å². The molecule has 1 heterocycles. The van der Waals surface area contributed by atoms with Crippen LogP contribution in [0.5, 0.6) is 5.88 Å². The molecule has 0 aliphatic carbocycles. The van der Waals surface area contributed by atoms with E-state index in [2.05, 4.69) is 9.72 Å². The van der Waals surface area contributed by atoms with Gasteiger partial charge >= 0.3 is 6.36 Å². The maximum absolute atomic E-state index is 11.8. The molecular formula is C7H7ClF3N3O. The lowest BCUT2D eigenvalue weighted by atomic mass is 10.2. The number of hydrogen-bond acceptors (Lipinski definition) is 4. The van der Waals surface area contributed by atoms with Crippen molar-refractivity contribution < 1.29 is 17.9 Å². The fraction of sp³-hybridized carbons (Fsp3) is 0.286. The summed E-state index contributed by atoms with van der Waals surface area (Å²) in [7, 11) is 0. The van der Waals surface area contributed by atoms with Gasteiger partial charge in [0.15, 0.2) is 0 Å². The fourth-order valence-corrected chi connectivity index (χ4v) is 1.08. The van der Waals surface area contributed by atoms with Crippen LogP contribution in [0.15, 0.2) is 6.07 Å². The second-order valence-electron chi connectivity index (χ2n) is 2.57. The smallest absolute Gasteiger partial charge is 0.386 e. The molecule has 0 unspecified atom stereocenters. The van der Waals surface area contributed by atoms with Crippen LogP contribution in [0, 0.1) is 0 Å². The van der Waals surface area contributed by atoms with Gasteiger partial charge in [0.1, 0.15) is 10.8 Å². The number of anilines is 1. The van der Waals surface area contributed by atoms with Gasteiger partial charge in [0, 0.05) is 12.1 Å². The highest BCUT2D eigenvalue weighted by molar-refractivity contribution is 6.32. The highest BCUT2D eigenvalue weighted by Gasteiger charge is 2.33. The van der Waals surface area contributed by atoms with Gasteiger partial charge in [-0.3, -0.25) is 0 Å². The Balaban J connectivity index is 3.05. The van der Waals surface area contributed by atoms with E-state index >= 15 is 0 Å². The quantitative estimate of drug-likeness (QED) is 0.826. The van der Waals surface area contributed by atoms with Crippen LogP contribution in [0.4, 0.5) is 19.0 Å². The molecule has 0 saturated carbocycles. The van der Waals surface area contributed by atoms with E-state index in [0.29, 0.717) is 5.56 Å². The molecule has 8 heteroatoms. The Morgan fingerprint density at radius 1 is 1.47 bits per heavy atom. The van der Waals surface area contributed by atoms with Crippen LogP contribution in [0.2, 0.25) is 5.02 Å². The standard InChI is InChI=1S/C7H7ClF3N3O/c8-4-1-3(2-12)5(13)14-6(4)15-7(9,10)11/h1H,2,12H2,(H2,13,14). The van der Waals surface area contributed by atoms with E-state index in [9.17, 15) is 13.2 Å². The molecule has 0 radical (unpaired) electrons. The van der Waals surface area contributed by atoms with Crippen molar-refractivity contribution in [3.63, 3.8) is 0 Å². The number of pyridine rings is 1. The van der Waals surface area contributed by atoms with E-state index < -0.39 is 12.2 Å². The highest BCUT2D eigenvalue weighted by atomic mass is 35.5. The molecule has 1 aromatic heterocycles. The van der Waals surface area contributed by atoms with Crippen LogP contribution in [-0.2, 0) is 6.54 Å². The molecule has 4 nitrogen and oxygen atoms in total. The summed E-state index contributed by atoms with van der Waals surface area (Å²) >= 11 is 5.49. The van der Waals surface area contributed by atoms with Crippen LogP contribution in [0.25, 0.3) is 0 Å². The zero-order valence-electron chi connectivity index (χ0n) is 7.31. The van der Waals surface area contributed by atoms with Crippen molar-refractivity contribution >= 4 is 17.4 Å². The van der Waals surface area contributed by atoms with Crippen LogP contribution < -0.4 is 16.2 Å². The number of rotatable bonds is 2. The van der Waals surface area contributed by atoms with Crippen molar-refractivity contribution in [2.24, 2.45) is 5.73 Å². The minimum Gasteiger partial charge on any atom is -0.386 e. The first-order valence-electron chi connectivity index (χ1n) is 3.74.